The molecule has 0 saturated heterocycles. The highest BCUT2D eigenvalue weighted by molar-refractivity contribution is 6.34. The first-order valence-electron chi connectivity index (χ1n) is 5.30. The monoisotopic (exact) mass is 262 g/mol. The van der Waals surface area contributed by atoms with Crippen LogP contribution >= 0.6 is 11.6 Å². The van der Waals surface area contributed by atoms with Gasteiger partial charge in [-0.2, -0.15) is 0 Å². The van der Waals surface area contributed by atoms with Crippen LogP contribution < -0.4 is 5.32 Å². The Labute approximate surface area is 109 Å². The van der Waals surface area contributed by atoms with E-state index in [1.165, 1.54) is 12.3 Å². The molecule has 0 saturated carbocycles. The van der Waals surface area contributed by atoms with Gasteiger partial charge in [0.2, 0.25) is 0 Å². The smallest absolute Gasteiger partial charge is 0.339 e. The minimum absolute atomic E-state index is 0.107. The van der Waals surface area contributed by atoms with Crippen molar-refractivity contribution in [2.75, 3.05) is 5.32 Å². The summed E-state index contributed by atoms with van der Waals surface area (Å²) >= 11 is 6.14. The van der Waals surface area contributed by atoms with E-state index >= 15 is 0 Å². The van der Waals surface area contributed by atoms with E-state index in [2.05, 4.69) is 10.3 Å². The summed E-state index contributed by atoms with van der Waals surface area (Å²) in [5.41, 5.74) is 1.66. The fourth-order valence-corrected chi connectivity index (χ4v) is 1.72. The quantitative estimate of drug-likeness (QED) is 0.889. The minimum Gasteiger partial charge on any atom is -0.478 e. The van der Waals surface area contributed by atoms with E-state index in [0.29, 0.717) is 10.7 Å². The van der Waals surface area contributed by atoms with E-state index in [9.17, 15) is 4.79 Å². The Morgan fingerprint density at radius 2 is 2.11 bits per heavy atom. The first-order chi connectivity index (χ1) is 8.59. The Hall–Kier alpha value is -2.07. The summed E-state index contributed by atoms with van der Waals surface area (Å²) in [7, 11) is 0. The van der Waals surface area contributed by atoms with E-state index in [0.717, 1.165) is 5.56 Å². The van der Waals surface area contributed by atoms with Gasteiger partial charge in [-0.1, -0.05) is 23.7 Å². The third-order valence-corrected chi connectivity index (χ3v) is 2.98. The van der Waals surface area contributed by atoms with Crippen LogP contribution in [0, 0.1) is 6.92 Å². The Balaban J connectivity index is 2.40. The molecule has 2 rings (SSSR count). The first-order valence-corrected chi connectivity index (χ1v) is 5.68. The van der Waals surface area contributed by atoms with Crippen molar-refractivity contribution in [2.24, 2.45) is 0 Å². The second-order valence-electron chi connectivity index (χ2n) is 3.77. The molecule has 0 unspecified atom stereocenters. The number of carboxylic acid groups (broad SMARTS) is 1. The van der Waals surface area contributed by atoms with Gasteiger partial charge >= 0.3 is 5.97 Å². The van der Waals surface area contributed by atoms with Crippen molar-refractivity contribution in [3.63, 3.8) is 0 Å². The first kappa shape index (κ1) is 12.4. The SMILES string of the molecule is Cc1cccc(Nc2ncccc2C(=O)O)c1Cl. The molecule has 92 valence electrons. The number of aromatic nitrogens is 1. The molecule has 0 aliphatic rings. The van der Waals surface area contributed by atoms with Gasteiger partial charge in [0.15, 0.2) is 0 Å². The zero-order chi connectivity index (χ0) is 13.1. The summed E-state index contributed by atoms with van der Waals surface area (Å²) < 4.78 is 0. The standard InChI is InChI=1S/C13H11ClN2O2/c1-8-4-2-6-10(11(8)14)16-12-9(13(17)18)5-3-7-15-12/h2-7H,1H3,(H,15,16)(H,17,18). The van der Waals surface area contributed by atoms with Gasteiger partial charge in [0.25, 0.3) is 0 Å². The number of halogens is 1. The van der Waals surface area contributed by atoms with Crippen LogP contribution in [0.3, 0.4) is 0 Å². The number of nitrogens with one attached hydrogen (secondary N) is 1. The summed E-state index contributed by atoms with van der Waals surface area (Å²) in [5.74, 6) is -0.758. The van der Waals surface area contributed by atoms with Crippen LogP contribution in [0.1, 0.15) is 15.9 Å². The normalized spacial score (nSPS) is 10.1. The molecule has 0 aliphatic carbocycles. The fourth-order valence-electron chi connectivity index (χ4n) is 1.55. The average Bonchev–Trinajstić information content (AvgIpc) is 2.35. The molecule has 0 radical (unpaired) electrons. The van der Waals surface area contributed by atoms with Gasteiger partial charge in [0, 0.05) is 6.20 Å². The molecule has 0 fully saturated rings. The molecule has 0 atom stereocenters. The van der Waals surface area contributed by atoms with Gasteiger partial charge in [0.1, 0.15) is 11.4 Å². The van der Waals surface area contributed by atoms with E-state index < -0.39 is 5.97 Å². The number of aryl methyl sites for hydroxylation is 1. The number of carboxylic acids is 1. The third-order valence-electron chi connectivity index (χ3n) is 2.48. The summed E-state index contributed by atoms with van der Waals surface area (Å²) in [5, 5.41) is 12.5. The van der Waals surface area contributed by atoms with Crippen molar-refractivity contribution in [1.82, 2.24) is 4.98 Å². The molecule has 0 bridgehead atoms. The van der Waals surface area contributed by atoms with Gasteiger partial charge < -0.3 is 10.4 Å². The van der Waals surface area contributed by atoms with Crippen LogP contribution in [0.25, 0.3) is 0 Å². The molecule has 1 aromatic carbocycles. The summed E-state index contributed by atoms with van der Waals surface area (Å²) in [6.45, 7) is 1.88. The molecule has 4 nitrogen and oxygen atoms in total. The van der Waals surface area contributed by atoms with Crippen molar-refractivity contribution in [2.45, 2.75) is 6.92 Å². The zero-order valence-electron chi connectivity index (χ0n) is 9.64. The second-order valence-corrected chi connectivity index (χ2v) is 4.14. The number of rotatable bonds is 3. The molecule has 2 N–H and O–H groups in total. The van der Waals surface area contributed by atoms with Gasteiger partial charge in [-0.25, -0.2) is 9.78 Å². The number of carbonyl (C=O) groups is 1. The zero-order valence-corrected chi connectivity index (χ0v) is 10.4. The van der Waals surface area contributed by atoms with Crippen molar-refractivity contribution in [1.29, 1.82) is 0 Å². The van der Waals surface area contributed by atoms with Gasteiger partial charge in [0.05, 0.1) is 10.7 Å². The maximum Gasteiger partial charge on any atom is 0.339 e. The van der Waals surface area contributed by atoms with Gasteiger partial charge in [-0.05, 0) is 30.7 Å². The molecule has 0 aliphatic heterocycles. The van der Waals surface area contributed by atoms with Crippen LogP contribution in [-0.2, 0) is 0 Å². The second kappa shape index (κ2) is 5.06. The lowest BCUT2D eigenvalue weighted by atomic mass is 10.2. The van der Waals surface area contributed by atoms with Crippen LogP contribution in [0.5, 0.6) is 0 Å². The third kappa shape index (κ3) is 2.43. The van der Waals surface area contributed by atoms with E-state index in [-0.39, 0.29) is 11.4 Å². The number of hydrogen-bond acceptors (Lipinski definition) is 3. The average molecular weight is 263 g/mol. The predicted octanol–water partition coefficient (Wildman–Crippen LogP) is 3.49. The molecular formula is C13H11ClN2O2. The Morgan fingerprint density at radius 3 is 2.83 bits per heavy atom. The maximum absolute atomic E-state index is 11.1. The summed E-state index contributed by atoms with van der Waals surface area (Å²) in [6, 6.07) is 8.56. The van der Waals surface area contributed by atoms with E-state index in [1.807, 2.05) is 19.1 Å². The summed E-state index contributed by atoms with van der Waals surface area (Å²) in [6.07, 6.45) is 1.53. The number of nitrogens with zero attached hydrogens (tertiary/aromatic N) is 1. The molecule has 5 heteroatoms. The predicted molar refractivity (Wildman–Crippen MR) is 70.7 cm³/mol. The largest absolute Gasteiger partial charge is 0.478 e. The molecule has 0 spiro atoms. The van der Waals surface area contributed by atoms with E-state index in [1.54, 1.807) is 12.1 Å². The van der Waals surface area contributed by atoms with Crippen LogP contribution in [0.15, 0.2) is 36.5 Å². The van der Waals surface area contributed by atoms with Crippen LogP contribution in [-0.4, -0.2) is 16.1 Å². The fraction of sp³-hybridized carbons (Fsp3) is 0.0769. The van der Waals surface area contributed by atoms with E-state index in [4.69, 9.17) is 16.7 Å². The topological polar surface area (TPSA) is 62.2 Å². The number of anilines is 2. The van der Waals surface area contributed by atoms with Crippen molar-refractivity contribution in [3.8, 4) is 0 Å². The molecular weight excluding hydrogens is 252 g/mol. The highest BCUT2D eigenvalue weighted by Crippen LogP contribution is 2.28. The number of pyridine rings is 1. The lowest BCUT2D eigenvalue weighted by molar-refractivity contribution is 0.0697. The Morgan fingerprint density at radius 1 is 1.33 bits per heavy atom. The molecule has 1 aromatic heterocycles. The van der Waals surface area contributed by atoms with Crippen LogP contribution in [0.2, 0.25) is 5.02 Å². The molecule has 2 aromatic rings. The van der Waals surface area contributed by atoms with Crippen molar-refractivity contribution < 1.29 is 9.90 Å². The number of aromatic carboxylic acids is 1. The summed E-state index contributed by atoms with van der Waals surface area (Å²) in [4.78, 5) is 15.1. The van der Waals surface area contributed by atoms with Gasteiger partial charge in [-0.15, -0.1) is 0 Å². The molecule has 1 heterocycles. The highest BCUT2D eigenvalue weighted by atomic mass is 35.5. The van der Waals surface area contributed by atoms with Gasteiger partial charge in [-0.3, -0.25) is 0 Å². The lowest BCUT2D eigenvalue weighted by Crippen LogP contribution is -2.04. The molecule has 0 amide bonds. The Bertz CT molecular complexity index is 599. The molecule has 18 heavy (non-hydrogen) atoms. The van der Waals surface area contributed by atoms with Crippen LogP contribution in [0.4, 0.5) is 11.5 Å². The Kier molecular flexibility index (Phi) is 3.48. The van der Waals surface area contributed by atoms with Crippen molar-refractivity contribution >= 4 is 29.1 Å². The van der Waals surface area contributed by atoms with Crippen molar-refractivity contribution in [3.05, 3.63) is 52.7 Å². The minimum atomic E-state index is -1.03. The number of hydrogen-bond donors (Lipinski definition) is 2. The number of benzene rings is 1. The highest BCUT2D eigenvalue weighted by Gasteiger charge is 2.12. The lowest BCUT2D eigenvalue weighted by Gasteiger charge is -2.10. The maximum atomic E-state index is 11.1.